The highest BCUT2D eigenvalue weighted by atomic mass is 35.5. The van der Waals surface area contributed by atoms with Crippen molar-refractivity contribution in [2.75, 3.05) is 10.0 Å². The lowest BCUT2D eigenvalue weighted by Crippen LogP contribution is -2.12. The number of hydrogen-bond acceptors (Lipinski definition) is 8. The second-order valence-electron chi connectivity index (χ2n) is 6.44. The summed E-state index contributed by atoms with van der Waals surface area (Å²) in [5.74, 6) is 0. The van der Waals surface area contributed by atoms with Gasteiger partial charge in [0.25, 0.3) is 10.0 Å². The Bertz CT molecular complexity index is 1460. The van der Waals surface area contributed by atoms with Gasteiger partial charge in [-0.15, -0.1) is 22.7 Å². The molecular weight excluding hydrogens is 521 g/mol. The summed E-state index contributed by atoms with van der Waals surface area (Å²) in [5, 5.41) is 17.9. The predicted molar refractivity (Wildman–Crippen MR) is 134 cm³/mol. The normalized spacial score (nSPS) is 11.7. The molecular formula is C21H13Cl2N5O2S3. The molecule has 0 amide bonds. The maximum absolute atomic E-state index is 12.4. The molecule has 2 aromatic heterocycles. The van der Waals surface area contributed by atoms with Crippen LogP contribution in [0.15, 0.2) is 70.5 Å². The third kappa shape index (κ3) is 5.52. The molecule has 4 aromatic rings. The summed E-state index contributed by atoms with van der Waals surface area (Å²) in [6.07, 6.45) is 3.04. The number of nitriles is 1. The van der Waals surface area contributed by atoms with Crippen molar-refractivity contribution < 1.29 is 8.42 Å². The monoisotopic (exact) mass is 533 g/mol. The zero-order valence-electron chi connectivity index (χ0n) is 16.5. The second-order valence-corrected chi connectivity index (χ2v) is 10.7. The lowest BCUT2D eigenvalue weighted by Gasteiger charge is -2.06. The highest BCUT2D eigenvalue weighted by molar-refractivity contribution is 7.93. The van der Waals surface area contributed by atoms with Gasteiger partial charge in [-0.25, -0.2) is 18.4 Å². The fourth-order valence-electron chi connectivity index (χ4n) is 2.69. The molecule has 2 N–H and O–H groups in total. The summed E-state index contributed by atoms with van der Waals surface area (Å²) in [6, 6.07) is 13.4. The molecule has 0 aliphatic heterocycles. The van der Waals surface area contributed by atoms with Crippen molar-refractivity contribution in [2.45, 2.75) is 4.90 Å². The highest BCUT2D eigenvalue weighted by Gasteiger charge is 2.15. The van der Waals surface area contributed by atoms with Gasteiger partial charge in [-0.1, -0.05) is 23.2 Å². The Labute approximate surface area is 208 Å². The molecule has 166 valence electrons. The third-order valence-electron chi connectivity index (χ3n) is 4.26. The minimum Gasteiger partial charge on any atom is -0.360 e. The first-order valence-corrected chi connectivity index (χ1v) is 13.2. The SMILES string of the molecule is N#C/C(=C/Nc1ccc(S(=O)(=O)Nc2nccs2)cc1)c1nc(-c2ccc(Cl)cc2Cl)cs1. The Morgan fingerprint density at radius 3 is 2.58 bits per heavy atom. The molecule has 0 radical (unpaired) electrons. The van der Waals surface area contributed by atoms with E-state index in [1.165, 1.54) is 47.2 Å². The number of nitrogens with zero attached hydrogens (tertiary/aromatic N) is 3. The molecule has 7 nitrogen and oxygen atoms in total. The van der Waals surface area contributed by atoms with E-state index in [-0.39, 0.29) is 4.90 Å². The van der Waals surface area contributed by atoms with Gasteiger partial charge in [-0.05, 0) is 42.5 Å². The van der Waals surface area contributed by atoms with Crippen molar-refractivity contribution in [2.24, 2.45) is 0 Å². The van der Waals surface area contributed by atoms with Gasteiger partial charge in [0, 0.05) is 39.4 Å². The molecule has 0 aliphatic rings. The molecule has 33 heavy (non-hydrogen) atoms. The van der Waals surface area contributed by atoms with E-state index in [0.717, 1.165) is 5.56 Å². The molecule has 2 heterocycles. The summed E-state index contributed by atoms with van der Waals surface area (Å²) in [5.41, 5.74) is 2.28. The Morgan fingerprint density at radius 1 is 1.12 bits per heavy atom. The smallest absolute Gasteiger partial charge is 0.263 e. The fourth-order valence-corrected chi connectivity index (χ4v) is 5.77. The number of nitrogens with one attached hydrogen (secondary N) is 2. The maximum atomic E-state index is 12.4. The number of halogens is 2. The summed E-state index contributed by atoms with van der Waals surface area (Å²) in [4.78, 5) is 8.52. The first-order valence-electron chi connectivity index (χ1n) is 9.16. The lowest BCUT2D eigenvalue weighted by molar-refractivity contribution is 0.601. The van der Waals surface area contributed by atoms with E-state index in [1.54, 1.807) is 35.7 Å². The number of thiazole rings is 2. The minimum absolute atomic E-state index is 0.0946. The molecule has 0 atom stereocenters. The third-order valence-corrected chi connectivity index (χ3v) is 7.86. The Morgan fingerprint density at radius 2 is 1.91 bits per heavy atom. The zero-order valence-corrected chi connectivity index (χ0v) is 20.5. The molecule has 4 rings (SSSR count). The maximum Gasteiger partial charge on any atom is 0.263 e. The molecule has 0 saturated carbocycles. The van der Waals surface area contributed by atoms with Crippen LogP contribution in [0.4, 0.5) is 10.8 Å². The Balaban J connectivity index is 1.49. The van der Waals surface area contributed by atoms with Gasteiger partial charge in [0.15, 0.2) is 5.13 Å². The number of benzene rings is 2. The molecule has 0 bridgehead atoms. The van der Waals surface area contributed by atoms with E-state index < -0.39 is 10.0 Å². The number of rotatable bonds is 7. The van der Waals surface area contributed by atoms with E-state index in [4.69, 9.17) is 23.2 Å². The van der Waals surface area contributed by atoms with Crippen molar-refractivity contribution in [3.05, 3.63) is 80.7 Å². The summed E-state index contributed by atoms with van der Waals surface area (Å²) in [6.45, 7) is 0. The molecule has 0 saturated heterocycles. The van der Waals surface area contributed by atoms with E-state index in [1.807, 2.05) is 5.38 Å². The number of anilines is 2. The second kappa shape index (κ2) is 9.91. The van der Waals surface area contributed by atoms with Crippen LogP contribution >= 0.6 is 45.9 Å². The van der Waals surface area contributed by atoms with Crippen molar-refractivity contribution in [3.8, 4) is 17.3 Å². The van der Waals surface area contributed by atoms with Crippen molar-refractivity contribution in [3.63, 3.8) is 0 Å². The number of aromatic nitrogens is 2. The van der Waals surface area contributed by atoms with Crippen LogP contribution < -0.4 is 10.0 Å². The van der Waals surface area contributed by atoms with Crippen LogP contribution in [0.5, 0.6) is 0 Å². The van der Waals surface area contributed by atoms with Crippen LogP contribution in [0.3, 0.4) is 0 Å². The first kappa shape index (κ1) is 23.2. The summed E-state index contributed by atoms with van der Waals surface area (Å²) < 4.78 is 27.3. The largest absolute Gasteiger partial charge is 0.360 e. The van der Waals surface area contributed by atoms with E-state index in [0.29, 0.717) is 37.1 Å². The lowest BCUT2D eigenvalue weighted by atomic mass is 10.2. The van der Waals surface area contributed by atoms with Gasteiger partial charge in [0.05, 0.1) is 15.6 Å². The Hall–Kier alpha value is -2.94. The number of hydrogen-bond donors (Lipinski definition) is 2. The minimum atomic E-state index is -3.73. The van der Waals surface area contributed by atoms with Crippen LogP contribution in [0.1, 0.15) is 5.01 Å². The average Bonchev–Trinajstić information content (AvgIpc) is 3.47. The van der Waals surface area contributed by atoms with Crippen molar-refractivity contribution in [1.29, 1.82) is 5.26 Å². The predicted octanol–water partition coefficient (Wildman–Crippen LogP) is 6.35. The van der Waals surface area contributed by atoms with Gasteiger partial charge in [0.1, 0.15) is 16.6 Å². The van der Waals surface area contributed by atoms with Gasteiger partial charge in [-0.2, -0.15) is 5.26 Å². The first-order chi connectivity index (χ1) is 15.9. The molecule has 0 unspecified atom stereocenters. The van der Waals surface area contributed by atoms with Crippen molar-refractivity contribution in [1.82, 2.24) is 9.97 Å². The molecule has 2 aromatic carbocycles. The molecule has 0 spiro atoms. The standard InChI is InChI=1S/C21H13Cl2N5O2S3/c22-14-1-6-17(18(23)9-14)19-12-32-20(27-19)13(10-24)11-26-15-2-4-16(5-3-15)33(29,30)28-21-25-7-8-31-21/h1-9,11-12,26H,(H,25,28)/b13-11-. The topological polar surface area (TPSA) is 108 Å². The summed E-state index contributed by atoms with van der Waals surface area (Å²) >= 11 is 14.7. The van der Waals surface area contributed by atoms with Gasteiger partial charge in [0.2, 0.25) is 0 Å². The van der Waals surface area contributed by atoms with Crippen LogP contribution in [0, 0.1) is 11.3 Å². The van der Waals surface area contributed by atoms with Crippen molar-refractivity contribution >= 4 is 72.3 Å². The Kier molecular flexibility index (Phi) is 6.97. The molecule has 0 fully saturated rings. The van der Waals surface area contributed by atoms with Crippen LogP contribution in [-0.4, -0.2) is 18.4 Å². The van der Waals surface area contributed by atoms with E-state index in [9.17, 15) is 13.7 Å². The van der Waals surface area contributed by atoms with Crippen LogP contribution in [-0.2, 0) is 10.0 Å². The van der Waals surface area contributed by atoms with Crippen LogP contribution in [0.2, 0.25) is 10.0 Å². The van der Waals surface area contributed by atoms with Gasteiger partial charge in [-0.3, -0.25) is 4.72 Å². The summed E-state index contributed by atoms with van der Waals surface area (Å²) in [7, 11) is -3.73. The zero-order chi connectivity index (χ0) is 23.4. The van der Waals surface area contributed by atoms with E-state index in [2.05, 4.69) is 26.1 Å². The fraction of sp³-hybridized carbons (Fsp3) is 0. The molecule has 0 aliphatic carbocycles. The van der Waals surface area contributed by atoms with Crippen LogP contribution in [0.25, 0.3) is 16.8 Å². The van der Waals surface area contributed by atoms with Gasteiger partial charge >= 0.3 is 0 Å². The molecule has 12 heteroatoms. The number of allylic oxidation sites excluding steroid dienone is 1. The highest BCUT2D eigenvalue weighted by Crippen LogP contribution is 2.32. The average molecular weight is 534 g/mol. The number of sulfonamides is 1. The quantitative estimate of drug-likeness (QED) is 0.268. The van der Waals surface area contributed by atoms with Gasteiger partial charge < -0.3 is 5.32 Å². The van der Waals surface area contributed by atoms with E-state index >= 15 is 0 Å².